The SMILES string of the molecule is COc1ccccc1CN1COc2cc(C)c3c(c2C1)O/C(=C\c1ccc(C(C)C)cc1)C3=O. The van der Waals surface area contributed by atoms with Gasteiger partial charge in [-0.25, -0.2) is 0 Å². The van der Waals surface area contributed by atoms with Crippen molar-refractivity contribution >= 4 is 11.9 Å². The smallest absolute Gasteiger partial charge is 0.232 e. The summed E-state index contributed by atoms with van der Waals surface area (Å²) < 4.78 is 17.8. The summed E-state index contributed by atoms with van der Waals surface area (Å²) in [5, 5.41) is 0. The average molecular weight is 456 g/mol. The van der Waals surface area contributed by atoms with Gasteiger partial charge in [-0.1, -0.05) is 56.3 Å². The quantitative estimate of drug-likeness (QED) is 0.436. The molecule has 0 aliphatic carbocycles. The predicted molar refractivity (Wildman–Crippen MR) is 132 cm³/mol. The van der Waals surface area contributed by atoms with Crippen LogP contribution in [0.5, 0.6) is 17.2 Å². The largest absolute Gasteiger partial charge is 0.496 e. The van der Waals surface area contributed by atoms with E-state index in [9.17, 15) is 4.79 Å². The minimum atomic E-state index is -0.0786. The van der Waals surface area contributed by atoms with Crippen molar-refractivity contribution < 1.29 is 19.0 Å². The van der Waals surface area contributed by atoms with Gasteiger partial charge in [0.15, 0.2) is 5.76 Å². The summed E-state index contributed by atoms with van der Waals surface area (Å²) in [7, 11) is 1.68. The van der Waals surface area contributed by atoms with Gasteiger partial charge in [0, 0.05) is 18.7 Å². The zero-order valence-corrected chi connectivity index (χ0v) is 20.1. The molecule has 5 heteroatoms. The molecule has 3 aromatic carbocycles. The molecule has 5 nitrogen and oxygen atoms in total. The summed E-state index contributed by atoms with van der Waals surface area (Å²) in [6, 6.07) is 18.2. The normalized spacial score (nSPS) is 16.3. The maximum Gasteiger partial charge on any atom is 0.232 e. The summed E-state index contributed by atoms with van der Waals surface area (Å²) in [4.78, 5) is 15.5. The van der Waals surface area contributed by atoms with Gasteiger partial charge in [0.2, 0.25) is 5.78 Å². The number of Topliss-reactive ketones (excluding diaryl/α,β-unsaturated/α-hetero) is 1. The topological polar surface area (TPSA) is 48.0 Å². The molecule has 0 atom stereocenters. The van der Waals surface area contributed by atoms with Crippen molar-refractivity contribution in [1.29, 1.82) is 0 Å². The predicted octanol–water partition coefficient (Wildman–Crippen LogP) is 6.10. The number of rotatable bonds is 5. The third kappa shape index (κ3) is 4.08. The lowest BCUT2D eigenvalue weighted by Crippen LogP contribution is -2.32. The Hall–Kier alpha value is -3.57. The first kappa shape index (κ1) is 22.2. The molecule has 0 amide bonds. The van der Waals surface area contributed by atoms with E-state index in [-0.39, 0.29) is 5.78 Å². The first-order chi connectivity index (χ1) is 16.4. The lowest BCUT2D eigenvalue weighted by atomic mass is 9.98. The Labute approximate surface area is 200 Å². The van der Waals surface area contributed by atoms with Crippen molar-refractivity contribution in [3.8, 4) is 17.2 Å². The fraction of sp³-hybridized carbons (Fsp3) is 0.276. The average Bonchev–Trinajstić information content (AvgIpc) is 3.17. The molecule has 0 spiro atoms. The molecule has 0 saturated carbocycles. The van der Waals surface area contributed by atoms with Gasteiger partial charge in [0.25, 0.3) is 0 Å². The van der Waals surface area contributed by atoms with Crippen LogP contribution in [0.15, 0.2) is 60.4 Å². The van der Waals surface area contributed by atoms with Gasteiger partial charge in [-0.05, 0) is 47.7 Å². The van der Waals surface area contributed by atoms with Gasteiger partial charge in [0.1, 0.15) is 24.0 Å². The van der Waals surface area contributed by atoms with Crippen LogP contribution in [0.2, 0.25) is 0 Å². The third-order valence-corrected chi connectivity index (χ3v) is 6.48. The molecule has 2 heterocycles. The molecule has 0 aromatic heterocycles. The molecule has 5 rings (SSSR count). The molecule has 2 aliphatic heterocycles. The summed E-state index contributed by atoms with van der Waals surface area (Å²) in [5.74, 6) is 2.99. The van der Waals surface area contributed by atoms with Crippen LogP contribution in [-0.2, 0) is 13.1 Å². The number of ether oxygens (including phenoxy) is 3. The maximum atomic E-state index is 13.3. The highest BCUT2D eigenvalue weighted by atomic mass is 16.5. The van der Waals surface area contributed by atoms with Crippen LogP contribution in [-0.4, -0.2) is 24.5 Å². The molecule has 0 saturated heterocycles. The Bertz CT molecular complexity index is 1270. The second-order valence-corrected chi connectivity index (χ2v) is 9.21. The van der Waals surface area contributed by atoms with E-state index in [4.69, 9.17) is 14.2 Å². The summed E-state index contributed by atoms with van der Waals surface area (Å²) in [5.41, 5.74) is 5.71. The third-order valence-electron chi connectivity index (χ3n) is 6.48. The van der Waals surface area contributed by atoms with E-state index in [1.807, 2.05) is 49.4 Å². The highest BCUT2D eigenvalue weighted by molar-refractivity contribution is 6.15. The van der Waals surface area contributed by atoms with Crippen LogP contribution >= 0.6 is 0 Å². The number of hydrogen-bond acceptors (Lipinski definition) is 5. The van der Waals surface area contributed by atoms with Crippen molar-refractivity contribution in [3.05, 3.63) is 93.7 Å². The first-order valence-corrected chi connectivity index (χ1v) is 11.6. The molecule has 34 heavy (non-hydrogen) atoms. The second kappa shape index (κ2) is 8.99. The minimum absolute atomic E-state index is 0.0786. The molecule has 0 N–H and O–H groups in total. The summed E-state index contributed by atoms with van der Waals surface area (Å²) in [6.45, 7) is 8.02. The van der Waals surface area contributed by atoms with Crippen molar-refractivity contribution in [2.24, 2.45) is 0 Å². The number of benzene rings is 3. The number of aryl methyl sites for hydroxylation is 1. The molecule has 0 radical (unpaired) electrons. The van der Waals surface area contributed by atoms with Gasteiger partial charge in [-0.2, -0.15) is 0 Å². The Kier molecular flexibility index (Phi) is 5.88. The zero-order chi connectivity index (χ0) is 23.8. The number of methoxy groups -OCH3 is 1. The first-order valence-electron chi connectivity index (χ1n) is 11.6. The summed E-state index contributed by atoms with van der Waals surface area (Å²) >= 11 is 0. The van der Waals surface area contributed by atoms with Gasteiger partial charge in [-0.15, -0.1) is 0 Å². The molecule has 174 valence electrons. The number of carbonyl (C=O) groups excluding carboxylic acids is 1. The standard InChI is InChI=1S/C29H29NO4/c1-18(2)21-11-9-20(10-12-21)14-26-28(31)27-19(3)13-25-23(29(27)34-26)16-30(17-33-25)15-22-7-5-6-8-24(22)32-4/h5-14,18H,15-17H2,1-4H3/b26-14-. The lowest BCUT2D eigenvalue weighted by molar-refractivity contribution is 0.0864. The van der Waals surface area contributed by atoms with E-state index in [0.29, 0.717) is 42.8 Å². The Balaban J connectivity index is 1.43. The van der Waals surface area contributed by atoms with Crippen molar-refractivity contribution in [1.82, 2.24) is 4.90 Å². The molecule has 0 unspecified atom stereocenters. The number of para-hydroxylation sites is 1. The molecule has 0 fully saturated rings. The monoisotopic (exact) mass is 455 g/mol. The minimum Gasteiger partial charge on any atom is -0.496 e. The number of fused-ring (bicyclic) bond motifs is 3. The van der Waals surface area contributed by atoms with E-state index in [2.05, 4.69) is 36.9 Å². The molecule has 0 bridgehead atoms. The summed E-state index contributed by atoms with van der Waals surface area (Å²) in [6.07, 6.45) is 1.83. The van der Waals surface area contributed by atoms with Crippen molar-refractivity contribution in [3.63, 3.8) is 0 Å². The van der Waals surface area contributed by atoms with Gasteiger partial charge in [-0.3, -0.25) is 9.69 Å². The molecular formula is C29H29NO4. The Morgan fingerprint density at radius 3 is 2.62 bits per heavy atom. The van der Waals surface area contributed by atoms with Gasteiger partial charge >= 0.3 is 0 Å². The number of nitrogens with zero attached hydrogens (tertiary/aromatic N) is 1. The number of hydrogen-bond donors (Lipinski definition) is 0. The Morgan fingerprint density at radius 2 is 1.88 bits per heavy atom. The number of allylic oxidation sites excluding steroid dienone is 1. The Morgan fingerprint density at radius 1 is 1.12 bits per heavy atom. The van der Waals surface area contributed by atoms with Crippen LogP contribution < -0.4 is 14.2 Å². The highest BCUT2D eigenvalue weighted by Crippen LogP contribution is 2.44. The van der Waals surface area contributed by atoms with Crippen LogP contribution in [0.3, 0.4) is 0 Å². The van der Waals surface area contributed by atoms with E-state index >= 15 is 0 Å². The maximum absolute atomic E-state index is 13.3. The number of carbonyl (C=O) groups is 1. The zero-order valence-electron chi connectivity index (χ0n) is 20.1. The molecule has 2 aliphatic rings. The number of ketones is 1. The van der Waals surface area contributed by atoms with Gasteiger partial charge in [0.05, 0.1) is 18.2 Å². The fourth-order valence-electron chi connectivity index (χ4n) is 4.58. The molecular weight excluding hydrogens is 426 g/mol. The van der Waals surface area contributed by atoms with Crippen molar-refractivity contribution in [2.45, 2.75) is 39.8 Å². The van der Waals surface area contributed by atoms with E-state index < -0.39 is 0 Å². The van der Waals surface area contributed by atoms with Crippen molar-refractivity contribution in [2.75, 3.05) is 13.8 Å². The van der Waals surface area contributed by atoms with E-state index in [1.165, 1.54) is 5.56 Å². The van der Waals surface area contributed by atoms with Crippen LogP contribution in [0.4, 0.5) is 0 Å². The fourth-order valence-corrected chi connectivity index (χ4v) is 4.58. The molecule has 3 aromatic rings. The highest BCUT2D eigenvalue weighted by Gasteiger charge is 2.35. The van der Waals surface area contributed by atoms with Crippen LogP contribution in [0.1, 0.15) is 57.9 Å². The van der Waals surface area contributed by atoms with E-state index in [1.54, 1.807) is 7.11 Å². The van der Waals surface area contributed by atoms with Crippen LogP contribution in [0, 0.1) is 6.92 Å². The van der Waals surface area contributed by atoms with E-state index in [0.717, 1.165) is 33.8 Å². The second-order valence-electron chi connectivity index (χ2n) is 9.21. The van der Waals surface area contributed by atoms with Gasteiger partial charge < -0.3 is 14.2 Å². The lowest BCUT2D eigenvalue weighted by Gasteiger charge is -2.30. The van der Waals surface area contributed by atoms with Crippen LogP contribution in [0.25, 0.3) is 6.08 Å².